The molecule has 4 heteroatoms. The minimum absolute atomic E-state index is 0.824. The molecular weight excluding hydrogens is 723 g/mol. The highest BCUT2D eigenvalue weighted by molar-refractivity contribution is 7.25. The third kappa shape index (κ3) is 5.08. The van der Waals surface area contributed by atoms with E-state index in [1.807, 2.05) is 11.3 Å². The molecule has 2 heterocycles. The molecule has 2 unspecified atom stereocenters. The molecule has 0 radical (unpaired) electrons. The molecular formula is C54H39N3S. The quantitative estimate of drug-likeness (QED) is 0.162. The van der Waals surface area contributed by atoms with Crippen molar-refractivity contribution in [1.29, 1.82) is 0 Å². The van der Waals surface area contributed by atoms with Crippen LogP contribution in [0.15, 0.2) is 203 Å². The number of nitrogens with zero attached hydrogens (tertiary/aromatic N) is 3. The molecule has 1 aliphatic carbocycles. The molecule has 276 valence electrons. The predicted molar refractivity (Wildman–Crippen MR) is 243 cm³/mol. The van der Waals surface area contributed by atoms with Crippen molar-refractivity contribution in [2.24, 2.45) is 15.4 Å². The monoisotopic (exact) mass is 761 g/mol. The van der Waals surface area contributed by atoms with Gasteiger partial charge in [-0.05, 0) is 104 Å². The average Bonchev–Trinajstić information content (AvgIpc) is 3.87. The van der Waals surface area contributed by atoms with E-state index in [1.54, 1.807) is 0 Å². The minimum atomic E-state index is -0.871. The van der Waals surface area contributed by atoms with Gasteiger partial charge in [-0.25, -0.2) is 0 Å². The highest BCUT2D eigenvalue weighted by Crippen LogP contribution is 2.56. The second kappa shape index (κ2) is 13.4. The summed E-state index contributed by atoms with van der Waals surface area (Å²) in [5.41, 5.74) is 14.7. The van der Waals surface area contributed by atoms with Crippen LogP contribution in [0.2, 0.25) is 0 Å². The van der Waals surface area contributed by atoms with Crippen LogP contribution in [0.5, 0.6) is 0 Å². The van der Waals surface area contributed by atoms with Gasteiger partial charge in [-0.2, -0.15) is 5.11 Å². The van der Waals surface area contributed by atoms with Crippen molar-refractivity contribution in [3.8, 4) is 44.5 Å². The van der Waals surface area contributed by atoms with Crippen molar-refractivity contribution in [1.82, 2.24) is 0 Å². The van der Waals surface area contributed by atoms with Crippen LogP contribution in [0.25, 0.3) is 64.7 Å². The van der Waals surface area contributed by atoms with Gasteiger partial charge in [0.05, 0.1) is 11.1 Å². The summed E-state index contributed by atoms with van der Waals surface area (Å²) >= 11 is 1.85. The summed E-state index contributed by atoms with van der Waals surface area (Å²) in [5.74, 6) is 0. The zero-order valence-corrected chi connectivity index (χ0v) is 33.2. The van der Waals surface area contributed by atoms with Crippen LogP contribution in [0.4, 0.5) is 0 Å². The minimum Gasteiger partial charge on any atom is -0.156 e. The summed E-state index contributed by atoms with van der Waals surface area (Å²) < 4.78 is 2.55. The van der Waals surface area contributed by atoms with Gasteiger partial charge in [0, 0.05) is 25.7 Å². The Balaban J connectivity index is 1.25. The summed E-state index contributed by atoms with van der Waals surface area (Å²) in [7, 11) is 0. The summed E-state index contributed by atoms with van der Waals surface area (Å²) in [4.78, 5) is 0. The molecule has 0 amide bonds. The van der Waals surface area contributed by atoms with E-state index in [2.05, 4.69) is 202 Å². The van der Waals surface area contributed by atoms with Crippen LogP contribution in [-0.4, -0.2) is 5.71 Å². The maximum atomic E-state index is 5.34. The van der Waals surface area contributed by atoms with E-state index in [1.165, 1.54) is 53.6 Å². The lowest BCUT2D eigenvalue weighted by Gasteiger charge is -2.47. The Bertz CT molecular complexity index is 3120. The number of fused-ring (bicyclic) bond motifs is 6. The Kier molecular flexibility index (Phi) is 7.99. The lowest BCUT2D eigenvalue weighted by atomic mass is 9.57. The first-order valence-corrected chi connectivity index (χ1v) is 20.8. The van der Waals surface area contributed by atoms with Crippen molar-refractivity contribution >= 4 is 37.2 Å². The maximum absolute atomic E-state index is 5.34. The van der Waals surface area contributed by atoms with Gasteiger partial charge < -0.3 is 0 Å². The molecule has 58 heavy (non-hydrogen) atoms. The van der Waals surface area contributed by atoms with Crippen LogP contribution in [0.3, 0.4) is 0 Å². The largest absolute Gasteiger partial charge is 0.156 e. The SMILES string of the molecule is CC1(c2cccc3c2Cc2ccccc2-3)N=NN=C(c2c(-c3ccccc3)cccc2-c2cccc3sc4ccccc4c23)C1(C)c1ccccc1-c1ccccc1. The first-order valence-electron chi connectivity index (χ1n) is 20.0. The Hall–Kier alpha value is -6.75. The molecule has 1 aromatic heterocycles. The molecule has 2 aliphatic rings. The molecule has 0 saturated heterocycles. The Morgan fingerprint density at radius 2 is 1.03 bits per heavy atom. The van der Waals surface area contributed by atoms with E-state index in [4.69, 9.17) is 15.4 Å². The van der Waals surface area contributed by atoms with Crippen LogP contribution in [-0.2, 0) is 17.4 Å². The first-order chi connectivity index (χ1) is 28.5. The molecule has 3 nitrogen and oxygen atoms in total. The third-order valence-electron chi connectivity index (χ3n) is 12.8. The van der Waals surface area contributed by atoms with Gasteiger partial charge in [-0.1, -0.05) is 176 Å². The Morgan fingerprint density at radius 3 is 1.86 bits per heavy atom. The predicted octanol–water partition coefficient (Wildman–Crippen LogP) is 14.7. The van der Waals surface area contributed by atoms with Crippen LogP contribution >= 0.6 is 11.3 Å². The van der Waals surface area contributed by atoms with E-state index in [0.29, 0.717) is 0 Å². The molecule has 0 fully saturated rings. The molecule has 0 saturated carbocycles. The molecule has 8 aromatic carbocycles. The van der Waals surface area contributed by atoms with Crippen molar-refractivity contribution < 1.29 is 0 Å². The summed E-state index contributed by atoms with van der Waals surface area (Å²) in [6.07, 6.45) is 0.842. The van der Waals surface area contributed by atoms with E-state index in [9.17, 15) is 0 Å². The maximum Gasteiger partial charge on any atom is 0.121 e. The van der Waals surface area contributed by atoms with Crippen molar-refractivity contribution in [2.75, 3.05) is 0 Å². The number of rotatable bonds is 6. The van der Waals surface area contributed by atoms with Crippen LogP contribution in [0.1, 0.15) is 41.7 Å². The highest BCUT2D eigenvalue weighted by Gasteiger charge is 2.56. The van der Waals surface area contributed by atoms with Gasteiger partial charge in [0.1, 0.15) is 5.54 Å². The summed E-state index contributed by atoms with van der Waals surface area (Å²) in [5, 5.41) is 18.0. The number of thiophene rings is 1. The standard InChI is InChI=1S/C54H39N3S/c1-53(46-30-13-11-24-39(46)35-18-5-3-6-19-35)52(55-57-56-54(53,2)47-31-16-27-41-38-23-10-9-22-37(38)34-45(41)47)51-40(36-20-7-4-8-21-36)26-15-28-43(51)42-29-17-33-49-50(42)44-25-12-14-32-48(44)58-49/h3-33H,34H2,1-2H3. The second-order valence-corrected chi connectivity index (χ2v) is 16.9. The second-order valence-electron chi connectivity index (χ2n) is 15.8. The van der Waals surface area contributed by atoms with E-state index >= 15 is 0 Å². The van der Waals surface area contributed by atoms with E-state index < -0.39 is 11.0 Å². The smallest absolute Gasteiger partial charge is 0.121 e. The van der Waals surface area contributed by atoms with Gasteiger partial charge in [0.2, 0.25) is 0 Å². The summed E-state index contributed by atoms with van der Waals surface area (Å²) in [6, 6.07) is 68.2. The lowest BCUT2D eigenvalue weighted by Crippen LogP contribution is -2.52. The Labute approximate surface area is 342 Å². The van der Waals surface area contributed by atoms with Gasteiger partial charge in [0.25, 0.3) is 0 Å². The van der Waals surface area contributed by atoms with Crippen molar-refractivity contribution in [3.63, 3.8) is 0 Å². The van der Waals surface area contributed by atoms with Gasteiger partial charge in [-0.15, -0.1) is 16.4 Å². The van der Waals surface area contributed by atoms with E-state index in [0.717, 1.165) is 51.1 Å². The lowest BCUT2D eigenvalue weighted by molar-refractivity contribution is 0.317. The molecule has 2 atom stereocenters. The number of hydrogen-bond acceptors (Lipinski definition) is 4. The van der Waals surface area contributed by atoms with Crippen LogP contribution < -0.4 is 0 Å². The van der Waals surface area contributed by atoms with Crippen LogP contribution in [0, 0.1) is 0 Å². The Morgan fingerprint density at radius 1 is 0.466 bits per heavy atom. The first kappa shape index (κ1) is 34.5. The fourth-order valence-electron chi connectivity index (χ4n) is 9.89. The molecule has 0 spiro atoms. The average molecular weight is 762 g/mol. The zero-order chi connectivity index (χ0) is 38.8. The molecule has 0 N–H and O–H groups in total. The zero-order valence-electron chi connectivity index (χ0n) is 32.4. The van der Waals surface area contributed by atoms with Crippen molar-refractivity contribution in [2.45, 2.75) is 31.2 Å². The van der Waals surface area contributed by atoms with Crippen molar-refractivity contribution in [3.05, 3.63) is 216 Å². The molecule has 11 rings (SSSR count). The van der Waals surface area contributed by atoms with Gasteiger partial charge in [0.15, 0.2) is 0 Å². The third-order valence-corrected chi connectivity index (χ3v) is 14.0. The number of hydrogen-bond donors (Lipinski definition) is 0. The van der Waals surface area contributed by atoms with Gasteiger partial charge >= 0.3 is 0 Å². The molecule has 0 bridgehead atoms. The van der Waals surface area contributed by atoms with E-state index in [-0.39, 0.29) is 0 Å². The molecule has 9 aromatic rings. The fraction of sp³-hybridized carbons (Fsp3) is 0.0926. The normalized spacial score (nSPS) is 18.3. The van der Waals surface area contributed by atoms with Gasteiger partial charge in [-0.3, -0.25) is 0 Å². The topological polar surface area (TPSA) is 37.1 Å². The number of benzene rings is 8. The molecule has 1 aliphatic heterocycles. The highest BCUT2D eigenvalue weighted by atomic mass is 32.1. The fourth-order valence-corrected chi connectivity index (χ4v) is 11.0. The summed E-state index contributed by atoms with van der Waals surface area (Å²) in [6.45, 7) is 4.67.